The number of rotatable bonds is 3. The summed E-state index contributed by atoms with van der Waals surface area (Å²) in [6.45, 7) is 0. The van der Waals surface area contributed by atoms with Crippen LogP contribution in [0.3, 0.4) is 0 Å². The second kappa shape index (κ2) is 5.25. The fourth-order valence-corrected chi connectivity index (χ4v) is 3.02. The van der Waals surface area contributed by atoms with Gasteiger partial charge >= 0.3 is 0 Å². The Morgan fingerprint density at radius 2 is 2.05 bits per heavy atom. The summed E-state index contributed by atoms with van der Waals surface area (Å²) < 4.78 is 0.710. The van der Waals surface area contributed by atoms with E-state index in [2.05, 4.69) is 33.4 Å². The largest absolute Gasteiger partial charge is 0.373 e. The number of fused-ring (bicyclic) bond motifs is 1. The minimum Gasteiger partial charge on any atom is -0.373 e. The Balaban J connectivity index is 1.92. The predicted molar refractivity (Wildman–Crippen MR) is 81.9 cm³/mol. The van der Waals surface area contributed by atoms with Crippen LogP contribution in [0.15, 0.2) is 46.9 Å². The molecular weight excluding hydrogens is 320 g/mol. The highest BCUT2D eigenvalue weighted by molar-refractivity contribution is 9.10. The van der Waals surface area contributed by atoms with Crippen LogP contribution in [0.5, 0.6) is 0 Å². The van der Waals surface area contributed by atoms with Crippen LogP contribution < -0.4 is 5.32 Å². The number of hydrogen-bond donors (Lipinski definition) is 1. The van der Waals surface area contributed by atoms with E-state index in [4.69, 9.17) is 0 Å². The number of aryl methyl sites for hydroxylation is 1. The second-order valence-electron chi connectivity index (χ2n) is 4.85. The van der Waals surface area contributed by atoms with Gasteiger partial charge in [0.15, 0.2) is 0 Å². The monoisotopic (exact) mass is 332 g/mol. The second-order valence-corrected chi connectivity index (χ2v) is 5.77. The van der Waals surface area contributed by atoms with E-state index in [9.17, 15) is 10.1 Å². The third kappa shape index (κ3) is 2.41. The van der Waals surface area contributed by atoms with Crippen molar-refractivity contribution in [3.05, 3.63) is 68.2 Å². The summed E-state index contributed by atoms with van der Waals surface area (Å²) in [7, 11) is 0. The summed E-state index contributed by atoms with van der Waals surface area (Å²) >= 11 is 3.27. The third-order valence-electron chi connectivity index (χ3n) is 3.62. The van der Waals surface area contributed by atoms with Gasteiger partial charge in [0, 0.05) is 10.5 Å². The van der Waals surface area contributed by atoms with Crippen LogP contribution in [0.2, 0.25) is 0 Å². The van der Waals surface area contributed by atoms with Crippen molar-refractivity contribution in [2.75, 3.05) is 5.32 Å². The first-order chi connectivity index (χ1) is 9.65. The molecule has 0 saturated heterocycles. The quantitative estimate of drug-likeness (QED) is 0.667. The fraction of sp³-hybridized carbons (Fsp3) is 0.200. The van der Waals surface area contributed by atoms with Gasteiger partial charge in [0.2, 0.25) is 0 Å². The van der Waals surface area contributed by atoms with Gasteiger partial charge in [0.1, 0.15) is 5.69 Å². The van der Waals surface area contributed by atoms with Gasteiger partial charge in [-0.2, -0.15) is 0 Å². The van der Waals surface area contributed by atoms with Gasteiger partial charge < -0.3 is 5.32 Å². The molecule has 2 aromatic carbocycles. The number of nitro groups is 1. The molecule has 0 radical (unpaired) electrons. The number of hydrogen-bond acceptors (Lipinski definition) is 3. The summed E-state index contributed by atoms with van der Waals surface area (Å²) in [5.41, 5.74) is 3.23. The highest BCUT2D eigenvalue weighted by Crippen LogP contribution is 2.36. The van der Waals surface area contributed by atoms with Crippen molar-refractivity contribution in [3.8, 4) is 0 Å². The van der Waals surface area contributed by atoms with E-state index in [1.807, 2.05) is 18.2 Å². The molecule has 3 rings (SSSR count). The molecule has 5 heteroatoms. The van der Waals surface area contributed by atoms with Gasteiger partial charge in [-0.3, -0.25) is 10.1 Å². The Bertz CT molecular complexity index is 673. The number of nitrogens with zero attached hydrogens (tertiary/aromatic N) is 1. The number of anilines is 1. The summed E-state index contributed by atoms with van der Waals surface area (Å²) in [4.78, 5) is 10.8. The molecule has 4 nitrogen and oxygen atoms in total. The molecule has 102 valence electrons. The molecule has 1 aliphatic rings. The smallest absolute Gasteiger partial charge is 0.293 e. The van der Waals surface area contributed by atoms with Crippen LogP contribution in [-0.4, -0.2) is 4.92 Å². The summed E-state index contributed by atoms with van der Waals surface area (Å²) in [5, 5.41) is 14.4. The van der Waals surface area contributed by atoms with E-state index >= 15 is 0 Å². The molecular formula is C15H13BrN2O2. The fourth-order valence-electron chi connectivity index (χ4n) is 2.67. The molecule has 1 aliphatic carbocycles. The van der Waals surface area contributed by atoms with Crippen LogP contribution in [0, 0.1) is 10.1 Å². The Morgan fingerprint density at radius 3 is 2.85 bits per heavy atom. The molecule has 0 amide bonds. The maximum atomic E-state index is 11.1. The normalized spacial score (nSPS) is 16.8. The lowest BCUT2D eigenvalue weighted by atomic mass is 10.1. The Morgan fingerprint density at radius 1 is 1.25 bits per heavy atom. The molecule has 0 spiro atoms. The maximum absolute atomic E-state index is 11.1. The van der Waals surface area contributed by atoms with E-state index in [-0.39, 0.29) is 16.7 Å². The van der Waals surface area contributed by atoms with Gasteiger partial charge in [0.25, 0.3) is 5.69 Å². The Hall–Kier alpha value is -1.88. The van der Waals surface area contributed by atoms with Crippen molar-refractivity contribution < 1.29 is 4.92 Å². The molecule has 0 fully saturated rings. The van der Waals surface area contributed by atoms with Crippen molar-refractivity contribution in [3.63, 3.8) is 0 Å². The zero-order chi connectivity index (χ0) is 14.1. The van der Waals surface area contributed by atoms with E-state index in [1.165, 1.54) is 17.2 Å². The first kappa shape index (κ1) is 13.1. The minimum absolute atomic E-state index is 0.101. The van der Waals surface area contributed by atoms with E-state index in [1.54, 1.807) is 6.07 Å². The minimum atomic E-state index is -0.353. The number of benzene rings is 2. The molecule has 20 heavy (non-hydrogen) atoms. The number of nitro benzene ring substituents is 1. The van der Waals surface area contributed by atoms with Crippen molar-refractivity contribution in [2.45, 2.75) is 18.9 Å². The predicted octanol–water partition coefficient (Wildman–Crippen LogP) is 4.46. The van der Waals surface area contributed by atoms with Crippen molar-refractivity contribution in [1.29, 1.82) is 0 Å². The number of nitrogens with one attached hydrogen (secondary N) is 1. The van der Waals surface area contributed by atoms with E-state index < -0.39 is 0 Å². The van der Waals surface area contributed by atoms with Crippen LogP contribution in [0.1, 0.15) is 23.6 Å². The number of halogens is 1. The van der Waals surface area contributed by atoms with Gasteiger partial charge in [-0.15, -0.1) is 0 Å². The van der Waals surface area contributed by atoms with Crippen molar-refractivity contribution in [2.24, 2.45) is 0 Å². The van der Waals surface area contributed by atoms with Gasteiger partial charge in [-0.05, 0) is 36.1 Å². The zero-order valence-corrected chi connectivity index (χ0v) is 12.3. The average molecular weight is 333 g/mol. The SMILES string of the molecule is O=[N+]([O-])c1cc(Br)ccc1NC1CCc2ccccc21. The summed E-state index contributed by atoms with van der Waals surface area (Å²) in [6.07, 6.45) is 1.98. The summed E-state index contributed by atoms with van der Waals surface area (Å²) in [5.74, 6) is 0. The van der Waals surface area contributed by atoms with Gasteiger partial charge in [0.05, 0.1) is 11.0 Å². The Kier molecular flexibility index (Phi) is 3.44. The first-order valence-corrected chi connectivity index (χ1v) is 7.23. The lowest BCUT2D eigenvalue weighted by Gasteiger charge is -2.15. The zero-order valence-electron chi connectivity index (χ0n) is 10.7. The maximum Gasteiger partial charge on any atom is 0.293 e. The molecule has 1 N–H and O–H groups in total. The summed E-state index contributed by atoms with van der Waals surface area (Å²) in [6, 6.07) is 13.5. The Labute approximate surface area is 125 Å². The van der Waals surface area contributed by atoms with Crippen molar-refractivity contribution in [1.82, 2.24) is 0 Å². The highest BCUT2D eigenvalue weighted by Gasteiger charge is 2.24. The van der Waals surface area contributed by atoms with E-state index in [0.29, 0.717) is 10.2 Å². The molecule has 0 heterocycles. The van der Waals surface area contributed by atoms with E-state index in [0.717, 1.165) is 12.8 Å². The van der Waals surface area contributed by atoms with Crippen LogP contribution in [-0.2, 0) is 6.42 Å². The lowest BCUT2D eigenvalue weighted by molar-refractivity contribution is -0.384. The van der Waals surface area contributed by atoms with Crippen LogP contribution in [0.4, 0.5) is 11.4 Å². The molecule has 0 aliphatic heterocycles. The van der Waals surface area contributed by atoms with Crippen LogP contribution in [0.25, 0.3) is 0 Å². The van der Waals surface area contributed by atoms with Gasteiger partial charge in [-0.1, -0.05) is 40.2 Å². The van der Waals surface area contributed by atoms with Crippen molar-refractivity contribution >= 4 is 27.3 Å². The molecule has 0 bridgehead atoms. The highest BCUT2D eigenvalue weighted by atomic mass is 79.9. The average Bonchev–Trinajstić information content (AvgIpc) is 2.84. The first-order valence-electron chi connectivity index (χ1n) is 6.43. The third-order valence-corrected chi connectivity index (χ3v) is 4.11. The topological polar surface area (TPSA) is 55.2 Å². The molecule has 0 aromatic heterocycles. The van der Waals surface area contributed by atoms with Gasteiger partial charge in [-0.25, -0.2) is 0 Å². The molecule has 2 aromatic rings. The molecule has 1 unspecified atom stereocenters. The molecule has 0 saturated carbocycles. The van der Waals surface area contributed by atoms with Crippen LogP contribution >= 0.6 is 15.9 Å². The lowest BCUT2D eigenvalue weighted by Crippen LogP contribution is -2.08. The standard InChI is InChI=1S/C15H13BrN2O2/c16-11-6-8-14(15(9-11)18(19)20)17-13-7-5-10-3-1-2-4-12(10)13/h1-4,6,8-9,13,17H,5,7H2. The molecule has 1 atom stereocenters.